The number of fused-ring (bicyclic) bond motifs is 4. The number of nitrogens with zero attached hydrogens (tertiary/aromatic N) is 2. The smallest absolute Gasteiger partial charge is 0.256 e. The van der Waals surface area contributed by atoms with Crippen molar-refractivity contribution in [2.45, 2.75) is 83.4 Å². The molecule has 1 amide bonds. The summed E-state index contributed by atoms with van der Waals surface area (Å²) in [4.78, 5) is 17.5. The van der Waals surface area contributed by atoms with Crippen LogP contribution in [0.2, 0.25) is 0 Å². The van der Waals surface area contributed by atoms with Crippen molar-refractivity contribution in [3.63, 3.8) is 0 Å². The highest BCUT2D eigenvalue weighted by Gasteiger charge is 2.64. The van der Waals surface area contributed by atoms with Crippen LogP contribution in [0.5, 0.6) is 0 Å². The van der Waals surface area contributed by atoms with E-state index in [2.05, 4.69) is 31.9 Å². The molecule has 196 valence electrons. The Morgan fingerprint density at radius 1 is 1.11 bits per heavy atom. The van der Waals surface area contributed by atoms with Crippen molar-refractivity contribution in [3.8, 4) is 0 Å². The molecule has 4 nitrogen and oxygen atoms in total. The maximum absolute atomic E-state index is 13.3. The lowest BCUT2D eigenvalue weighted by Crippen LogP contribution is -2.53. The van der Waals surface area contributed by atoms with Crippen molar-refractivity contribution in [1.29, 1.82) is 0 Å². The monoisotopic (exact) mass is 494 g/mol. The molecule has 9 atom stereocenters. The van der Waals surface area contributed by atoms with E-state index in [1.54, 1.807) is 10.5 Å². The van der Waals surface area contributed by atoms with Crippen LogP contribution < -0.4 is 0 Å². The number of hydrogen-bond acceptors (Lipinski definition) is 3. The first-order valence-corrected chi connectivity index (χ1v) is 14.3. The van der Waals surface area contributed by atoms with Gasteiger partial charge in [0.05, 0.1) is 0 Å². The van der Waals surface area contributed by atoms with Crippen LogP contribution >= 0.6 is 0 Å². The molecule has 0 radical (unpaired) electrons. The summed E-state index contributed by atoms with van der Waals surface area (Å²) in [7, 11) is 4.17. The number of amides is 1. The molecule has 1 aromatic rings. The van der Waals surface area contributed by atoms with Crippen molar-refractivity contribution < 1.29 is 14.3 Å². The number of hydrogen-bond donors (Lipinski definition) is 1. The molecule has 36 heavy (non-hydrogen) atoms. The zero-order valence-electron chi connectivity index (χ0n) is 22.4. The third-order valence-corrected chi connectivity index (χ3v) is 12.0. The van der Waals surface area contributed by atoms with Crippen molar-refractivity contribution in [1.82, 2.24) is 9.80 Å². The number of allylic oxidation sites excluding steroid dienone is 1. The van der Waals surface area contributed by atoms with Crippen molar-refractivity contribution in [2.24, 2.45) is 34.5 Å². The Balaban J connectivity index is 1.18. The summed E-state index contributed by atoms with van der Waals surface area (Å²) in [6.07, 6.45) is 11.1. The molecule has 4 fully saturated rings. The standard InChI is InChI=1S/C31H43FN2O2/c1-19-25-11-12-27-24-10-7-21-17-23(34(4)29(36)28(35)20-5-8-22(32)9-6-20)13-15-30(21,2)26(24)14-16-31(25,27)18-33(19)3/h5-9,19,23-28,35H,10-18H2,1-4H3. The second-order valence-corrected chi connectivity index (χ2v) is 13.2. The minimum atomic E-state index is -1.24. The van der Waals surface area contributed by atoms with E-state index < -0.39 is 6.10 Å². The Morgan fingerprint density at radius 3 is 2.58 bits per heavy atom. The number of likely N-dealkylation sites (tertiary alicyclic amines) is 1. The Hall–Kier alpha value is -1.72. The Labute approximate surface area is 215 Å². The molecular formula is C31H43FN2O2. The van der Waals surface area contributed by atoms with Gasteiger partial charge >= 0.3 is 0 Å². The average Bonchev–Trinajstić information content (AvgIpc) is 3.36. The quantitative estimate of drug-likeness (QED) is 0.558. The molecule has 1 saturated heterocycles. The summed E-state index contributed by atoms with van der Waals surface area (Å²) >= 11 is 0. The summed E-state index contributed by atoms with van der Waals surface area (Å²) in [6.45, 7) is 6.28. The van der Waals surface area contributed by atoms with Gasteiger partial charge in [-0.1, -0.05) is 30.7 Å². The minimum absolute atomic E-state index is 0.110. The molecule has 4 aliphatic carbocycles. The Bertz CT molecular complexity index is 1060. The van der Waals surface area contributed by atoms with Crippen LogP contribution in [0.15, 0.2) is 35.9 Å². The van der Waals surface area contributed by atoms with E-state index >= 15 is 0 Å². The second-order valence-electron chi connectivity index (χ2n) is 13.2. The SMILES string of the molecule is CC1C2CCC3C4CC=C5CC(N(C)C(=O)C(O)c6ccc(F)cc6)CCC5(C)C4CCC32CN1C. The molecule has 5 aliphatic rings. The van der Waals surface area contributed by atoms with Gasteiger partial charge in [-0.2, -0.15) is 0 Å². The second kappa shape index (κ2) is 8.66. The van der Waals surface area contributed by atoms with Gasteiger partial charge in [-0.25, -0.2) is 4.39 Å². The fourth-order valence-corrected chi connectivity index (χ4v) is 9.93. The molecule has 1 aromatic carbocycles. The third-order valence-electron chi connectivity index (χ3n) is 12.0. The van der Waals surface area contributed by atoms with Crippen molar-refractivity contribution in [3.05, 3.63) is 47.3 Å². The van der Waals surface area contributed by atoms with Crippen LogP contribution in [-0.2, 0) is 4.79 Å². The van der Waals surface area contributed by atoms with Gasteiger partial charge in [0.1, 0.15) is 5.82 Å². The third kappa shape index (κ3) is 3.48. The Morgan fingerprint density at radius 2 is 1.83 bits per heavy atom. The van der Waals surface area contributed by atoms with Gasteiger partial charge in [-0.15, -0.1) is 0 Å². The van der Waals surface area contributed by atoms with Crippen LogP contribution in [-0.4, -0.2) is 53.5 Å². The van der Waals surface area contributed by atoms with E-state index in [4.69, 9.17) is 0 Å². The summed E-state index contributed by atoms with van der Waals surface area (Å²) in [5.41, 5.74) is 2.80. The molecule has 9 unspecified atom stereocenters. The minimum Gasteiger partial charge on any atom is -0.378 e. The average molecular weight is 495 g/mol. The van der Waals surface area contributed by atoms with Crippen LogP contribution in [0, 0.1) is 40.3 Å². The fraction of sp³-hybridized carbons (Fsp3) is 0.710. The molecule has 3 saturated carbocycles. The highest BCUT2D eigenvalue weighted by atomic mass is 19.1. The molecule has 1 aliphatic heterocycles. The summed E-state index contributed by atoms with van der Waals surface area (Å²) < 4.78 is 13.3. The molecular weight excluding hydrogens is 451 g/mol. The van der Waals surface area contributed by atoms with Gasteiger partial charge in [0.15, 0.2) is 6.10 Å². The molecule has 0 aromatic heterocycles. The number of aliphatic hydroxyl groups excluding tert-OH is 1. The molecule has 1 N–H and O–H groups in total. The predicted octanol–water partition coefficient (Wildman–Crippen LogP) is 5.58. The van der Waals surface area contributed by atoms with E-state index in [-0.39, 0.29) is 23.2 Å². The number of benzene rings is 1. The maximum atomic E-state index is 13.3. The number of halogens is 1. The zero-order chi connectivity index (χ0) is 25.4. The van der Waals surface area contributed by atoms with Crippen LogP contribution in [0.25, 0.3) is 0 Å². The van der Waals surface area contributed by atoms with Gasteiger partial charge < -0.3 is 14.9 Å². The maximum Gasteiger partial charge on any atom is 0.256 e. The predicted molar refractivity (Wildman–Crippen MR) is 140 cm³/mol. The van der Waals surface area contributed by atoms with Crippen molar-refractivity contribution in [2.75, 3.05) is 20.6 Å². The highest BCUT2D eigenvalue weighted by Crippen LogP contribution is 2.68. The van der Waals surface area contributed by atoms with E-state index in [1.165, 1.54) is 62.9 Å². The molecule has 0 bridgehead atoms. The number of likely N-dealkylation sites (N-methyl/N-ethyl adjacent to an activating group) is 1. The lowest BCUT2D eigenvalue weighted by Gasteiger charge is -2.58. The topological polar surface area (TPSA) is 43.8 Å². The zero-order valence-corrected chi connectivity index (χ0v) is 22.4. The first kappa shape index (κ1) is 24.6. The highest BCUT2D eigenvalue weighted by molar-refractivity contribution is 5.82. The van der Waals surface area contributed by atoms with E-state index in [0.717, 1.165) is 49.0 Å². The van der Waals surface area contributed by atoms with Gasteiger partial charge in [0, 0.05) is 25.7 Å². The van der Waals surface area contributed by atoms with Gasteiger partial charge in [0.25, 0.3) is 5.91 Å². The summed E-state index contributed by atoms with van der Waals surface area (Å²) in [5.74, 6) is 2.68. The number of carbonyl (C=O) groups is 1. The number of aliphatic hydroxyl groups is 1. The van der Waals surface area contributed by atoms with E-state index in [1.807, 2.05) is 7.05 Å². The van der Waals surface area contributed by atoms with Crippen LogP contribution in [0.3, 0.4) is 0 Å². The summed E-state index contributed by atoms with van der Waals surface area (Å²) in [6, 6.07) is 6.43. The van der Waals surface area contributed by atoms with Gasteiger partial charge in [0.2, 0.25) is 0 Å². The van der Waals surface area contributed by atoms with Crippen LogP contribution in [0.4, 0.5) is 4.39 Å². The van der Waals surface area contributed by atoms with Crippen LogP contribution in [0.1, 0.15) is 76.9 Å². The normalized spacial score (nSPS) is 42.6. The number of carbonyl (C=O) groups excluding carboxylic acids is 1. The lowest BCUT2D eigenvalue weighted by molar-refractivity contribution is -0.142. The van der Waals surface area contributed by atoms with Gasteiger partial charge in [-0.05, 0) is 118 Å². The van der Waals surface area contributed by atoms with E-state index in [9.17, 15) is 14.3 Å². The first-order valence-electron chi connectivity index (χ1n) is 14.3. The molecule has 1 spiro atoms. The largest absolute Gasteiger partial charge is 0.378 e. The van der Waals surface area contributed by atoms with Crippen molar-refractivity contribution >= 4 is 5.91 Å². The lowest BCUT2D eigenvalue weighted by atomic mass is 9.47. The first-order chi connectivity index (χ1) is 17.2. The number of rotatable bonds is 3. The fourth-order valence-electron chi connectivity index (χ4n) is 9.93. The van der Waals surface area contributed by atoms with Gasteiger partial charge in [-0.3, -0.25) is 4.79 Å². The summed E-state index contributed by atoms with van der Waals surface area (Å²) in [5, 5.41) is 10.7. The molecule has 6 rings (SSSR count). The molecule has 1 heterocycles. The molecule has 5 heteroatoms. The van der Waals surface area contributed by atoms with E-state index in [0.29, 0.717) is 11.0 Å². The Kier molecular flexibility index (Phi) is 5.92.